The number of esters is 2. The van der Waals surface area contributed by atoms with E-state index in [0.29, 0.717) is 179 Å². The van der Waals surface area contributed by atoms with Crippen LogP contribution in [-0.4, -0.2) is 95.5 Å². The third-order valence-corrected chi connectivity index (χ3v) is 27.2. The first-order chi connectivity index (χ1) is 66.3. The monoisotopic (exact) mass is 1890 g/mol. The number of amides is 3. The van der Waals surface area contributed by atoms with Crippen molar-refractivity contribution in [2.75, 3.05) is 14.2 Å². The minimum absolute atomic E-state index is 0. The summed E-state index contributed by atoms with van der Waals surface area (Å²) in [6.45, 7) is 11.8. The van der Waals surface area contributed by atoms with Crippen molar-refractivity contribution in [1.29, 1.82) is 0 Å². The van der Waals surface area contributed by atoms with Crippen LogP contribution < -0.4 is 16.4 Å². The predicted molar refractivity (Wildman–Crippen MR) is 491 cm³/mol. The van der Waals surface area contributed by atoms with Crippen LogP contribution in [0.1, 0.15) is 208 Å². The van der Waals surface area contributed by atoms with E-state index in [1.54, 1.807) is 149 Å². The molecule has 2 saturated carbocycles. The zero-order chi connectivity index (χ0) is 101. The number of nitrogens with zero attached hydrogens (tertiary/aromatic N) is 5. The standard InChI is InChI=1S/C19H17F2NO2.2C18H18F2N2O2.C18H16F2N2O2.C18H15F2NO2.C15H17FO2.2H2/c1-12-15(4-3-5-16(12)21)19(18(23)24-2)9-8-13(10-19)17-7-6-14(20)11-22-17;3*1-11-14(3-2-4-15(11)20)18(17(23)22-24)8-7-12(9-18)16-6-5-13(19)10-21-16;1-11-14(3-2-4-15(11)20)18(17(22)23)8-7-12(9-18)16-6-5-13(19)10-21-16;1-10-7-8-15(9-10,14(17)18-3)12-5-4-6-13(16)11(12)2;;/h3-7,10-11H,8-9H2,1-2H3;2*2-6,10,12,24H,7-9H2,1H3,(H,22,23);2-6,9-10,24H,7-8H2,1H3,(H,22,23);2-6,9-10H,7-8H2,1H3,(H,22,23);4-6,9H,7-8H2,1-3H3;2*1H/t19-;12-,18+;12-,18-;2*18-;15-;;/m010000../s1/i;;;;;;1+1D;1+1. The van der Waals surface area contributed by atoms with E-state index in [0.717, 1.165) is 59.7 Å². The highest BCUT2D eigenvalue weighted by Gasteiger charge is 2.52. The van der Waals surface area contributed by atoms with Gasteiger partial charge in [0.15, 0.2) is 0 Å². The maximum Gasteiger partial charge on any atom is 0.320 e. The van der Waals surface area contributed by atoms with E-state index in [-0.39, 0.29) is 42.5 Å². The number of aromatic nitrogens is 5. The van der Waals surface area contributed by atoms with Crippen LogP contribution >= 0.6 is 0 Å². The molecule has 5 aromatic heterocycles. The van der Waals surface area contributed by atoms with Crippen molar-refractivity contribution in [2.24, 2.45) is 0 Å². The lowest BCUT2D eigenvalue weighted by atomic mass is 9.75. The summed E-state index contributed by atoms with van der Waals surface area (Å²) in [6, 6.07) is 42.2. The molecule has 8 atom stereocenters. The van der Waals surface area contributed by atoms with E-state index < -0.39 is 103 Å². The van der Waals surface area contributed by atoms with Crippen molar-refractivity contribution in [3.05, 3.63) is 390 Å². The second-order valence-corrected chi connectivity index (χ2v) is 34.9. The molecular formula is C106H105F11N8O12. The quantitative estimate of drug-likeness (QED) is 0.0146. The lowest BCUT2D eigenvalue weighted by Crippen LogP contribution is -2.42. The van der Waals surface area contributed by atoms with Crippen molar-refractivity contribution in [3.63, 3.8) is 0 Å². The lowest BCUT2D eigenvalue weighted by molar-refractivity contribution is -0.146. The van der Waals surface area contributed by atoms with Crippen LogP contribution in [0.4, 0.5) is 48.3 Å². The van der Waals surface area contributed by atoms with Crippen molar-refractivity contribution in [3.8, 4) is 0 Å². The highest BCUT2D eigenvalue weighted by Crippen LogP contribution is 2.53. The van der Waals surface area contributed by atoms with Gasteiger partial charge in [0.05, 0.1) is 78.5 Å². The van der Waals surface area contributed by atoms with Crippen LogP contribution in [0.3, 0.4) is 0 Å². The van der Waals surface area contributed by atoms with Crippen molar-refractivity contribution >= 4 is 52.3 Å². The van der Waals surface area contributed by atoms with Crippen molar-refractivity contribution in [2.45, 2.75) is 183 Å². The van der Waals surface area contributed by atoms with Crippen molar-refractivity contribution < 1.29 is 112 Å². The van der Waals surface area contributed by atoms with Gasteiger partial charge in [0.25, 0.3) is 17.7 Å². The number of allylic oxidation sites excluding steroid dienone is 4. The van der Waals surface area contributed by atoms with Gasteiger partial charge in [0, 0.05) is 27.6 Å². The van der Waals surface area contributed by atoms with Crippen LogP contribution in [0.5, 0.6) is 0 Å². The number of nitrogens with one attached hydrogen (secondary N) is 3. The summed E-state index contributed by atoms with van der Waals surface area (Å²) in [4.78, 5) is 94.4. The molecule has 0 unspecified atom stereocenters. The number of ether oxygens (including phenoxy) is 2. The molecule has 718 valence electrons. The molecule has 31 heteroatoms. The normalized spacial score (nSPS) is 21.6. The average molecular weight is 1900 g/mol. The largest absolute Gasteiger partial charge is 0.480 e. The first kappa shape index (κ1) is 100. The predicted octanol–water partition coefficient (Wildman–Crippen LogP) is 21.6. The summed E-state index contributed by atoms with van der Waals surface area (Å²) in [5.74, 6) is -8.06. The number of hydrogen-bond donors (Lipinski definition) is 7. The second kappa shape index (κ2) is 43.3. The Kier molecular flexibility index (Phi) is 31.8. The van der Waals surface area contributed by atoms with E-state index in [9.17, 15) is 97.8 Å². The second-order valence-electron chi connectivity index (χ2n) is 34.9. The molecule has 6 aliphatic carbocycles. The minimum atomic E-state index is -1.28. The van der Waals surface area contributed by atoms with Gasteiger partial charge in [-0.1, -0.05) is 103 Å². The molecule has 0 bridgehead atoms. The Bertz CT molecular complexity index is 6220. The highest BCUT2D eigenvalue weighted by atomic mass is 19.2. The number of carbonyl (C=O) groups excluding carboxylic acids is 5. The molecule has 2 fully saturated rings. The topological polar surface area (TPSA) is 302 Å². The maximum absolute atomic E-state index is 14.0. The van der Waals surface area contributed by atoms with E-state index in [2.05, 4.69) is 24.9 Å². The molecule has 137 heavy (non-hydrogen) atoms. The number of hydrogen-bond acceptors (Lipinski definition) is 16. The van der Waals surface area contributed by atoms with Crippen LogP contribution in [0.15, 0.2) is 231 Å². The summed E-state index contributed by atoms with van der Waals surface area (Å²) in [5.41, 5.74) is 11.1. The van der Waals surface area contributed by atoms with Gasteiger partial charge in [-0.05, 0) is 319 Å². The number of hydroxylamine groups is 3. The summed E-state index contributed by atoms with van der Waals surface area (Å²) in [6.07, 6.45) is 19.8. The SMILES string of the molecule is COC(=O)[C@]1(c2cccc(F)c2C)C=C(C)CC1.COC(=O)[C@]1(c2cccc(F)c2C)C=C(c2ccc(F)cn2)CC1.Cc1c(F)cccc1[C@@]1(C(=O)NO)C=C(c2ccc(F)cn2)CC1.Cc1c(F)cccc1[C@@]1(C(=O)O)C=C(c2ccc(F)cn2)CC1.Cc1c(F)cccc1[C@]1(C(=O)NO)CC[C@@H](c2ccc(F)cn2)C1.Cc1c(F)cccc1[C@]1(C(=O)NO)CC[C@H](c2ccc(F)cn2)C1.[2HH].[2H][2H]. The number of aliphatic carboxylic acids is 1. The zero-order valence-electron chi connectivity index (χ0n) is 78.4. The van der Waals surface area contributed by atoms with Crippen LogP contribution in [0.25, 0.3) is 16.7 Å². The van der Waals surface area contributed by atoms with E-state index in [1.807, 2.05) is 19.1 Å². The van der Waals surface area contributed by atoms with Crippen molar-refractivity contribution in [1.82, 2.24) is 41.4 Å². The Morgan fingerprint density at radius 1 is 0.336 bits per heavy atom. The average Bonchev–Trinajstić information content (AvgIpc) is 1.60. The Morgan fingerprint density at radius 2 is 0.606 bits per heavy atom. The maximum atomic E-state index is 14.0. The Hall–Kier alpha value is -14.0. The summed E-state index contributed by atoms with van der Waals surface area (Å²) < 4.78 is 169. The molecule has 6 aliphatic rings. The van der Waals surface area contributed by atoms with Gasteiger partial charge in [0.2, 0.25) is 0 Å². The number of carboxylic acid groups (broad SMARTS) is 1. The highest BCUT2D eigenvalue weighted by molar-refractivity contribution is 5.95. The first-order valence-corrected chi connectivity index (χ1v) is 44.1. The Balaban J connectivity index is 0.000000172. The van der Waals surface area contributed by atoms with Gasteiger partial charge in [0.1, 0.15) is 80.2 Å². The fourth-order valence-electron chi connectivity index (χ4n) is 19.9. The summed E-state index contributed by atoms with van der Waals surface area (Å²) in [5, 5.41) is 37.4. The molecule has 17 rings (SSSR count). The molecule has 0 spiro atoms. The molecule has 11 aromatic rings. The number of pyridine rings is 5. The molecule has 0 radical (unpaired) electrons. The molecule has 7 N–H and O–H groups in total. The summed E-state index contributed by atoms with van der Waals surface area (Å²) in [7, 11) is 2.70. The molecule has 20 nitrogen and oxygen atoms in total. The Labute approximate surface area is 788 Å². The van der Waals surface area contributed by atoms with Gasteiger partial charge < -0.3 is 14.6 Å². The zero-order valence-corrected chi connectivity index (χ0v) is 76.4. The third-order valence-electron chi connectivity index (χ3n) is 27.2. The van der Waals surface area contributed by atoms with Crippen LogP contribution in [0, 0.1) is 106 Å². The Morgan fingerprint density at radius 3 is 0.898 bits per heavy atom. The van der Waals surface area contributed by atoms with Gasteiger partial charge in [-0.15, -0.1) is 0 Å². The van der Waals surface area contributed by atoms with Gasteiger partial charge in [-0.2, -0.15) is 0 Å². The van der Waals surface area contributed by atoms with Gasteiger partial charge in [-0.3, -0.25) is 69.3 Å². The summed E-state index contributed by atoms with van der Waals surface area (Å²) >= 11 is 0. The third kappa shape index (κ3) is 21.2. The van der Waals surface area contributed by atoms with E-state index in [1.165, 1.54) is 105 Å². The number of benzene rings is 6. The number of halogens is 11. The van der Waals surface area contributed by atoms with Gasteiger partial charge in [-0.25, -0.2) is 64.7 Å². The smallest absolute Gasteiger partial charge is 0.320 e. The molecule has 3 amide bonds. The number of carboxylic acids is 1. The van der Waals surface area contributed by atoms with Crippen LogP contribution in [-0.2, 0) is 70.7 Å². The molecule has 5 heterocycles. The van der Waals surface area contributed by atoms with E-state index >= 15 is 0 Å². The first-order valence-electron chi connectivity index (χ1n) is 45.1. The fourth-order valence-corrected chi connectivity index (χ4v) is 19.9. The number of methoxy groups -OCH3 is 2. The molecule has 0 aliphatic heterocycles. The number of rotatable bonds is 17. The van der Waals surface area contributed by atoms with Crippen LogP contribution in [0.2, 0.25) is 0 Å². The molecule has 6 aromatic carbocycles. The van der Waals surface area contributed by atoms with E-state index in [4.69, 9.17) is 12.4 Å². The van der Waals surface area contributed by atoms with Gasteiger partial charge >= 0.3 is 17.9 Å². The molecular weight excluding hydrogens is 1790 g/mol. The molecule has 0 saturated heterocycles. The fraction of sp³-hybridized carbons (Fsp3) is 0.292. The minimum Gasteiger partial charge on any atom is -0.480 e. The lowest BCUT2D eigenvalue weighted by Gasteiger charge is -2.29. The number of carbonyl (C=O) groups is 6.